The van der Waals surface area contributed by atoms with Crippen LogP contribution in [-0.2, 0) is 7.05 Å². The third-order valence-corrected chi connectivity index (χ3v) is 4.41. The Labute approximate surface area is 169 Å². The fourth-order valence-corrected chi connectivity index (χ4v) is 2.97. The Morgan fingerprint density at radius 1 is 1.17 bits per heavy atom. The standard InChI is InChI=1S/C20H17FN6O3/c1-11-5-4-6-14(21)17(11)18(28)23-13-7-8-16(22-10-13)27-15(9-12(2)24-27)19-25-26(3)20(29)30-19/h4-10H,1-3H3,(H,23,28). The minimum absolute atomic E-state index is 0.0169. The van der Waals surface area contributed by atoms with Crippen molar-refractivity contribution in [3.8, 4) is 17.4 Å². The number of anilines is 1. The number of benzene rings is 1. The minimum Gasteiger partial charge on any atom is -0.386 e. The molecule has 0 bridgehead atoms. The molecule has 30 heavy (non-hydrogen) atoms. The van der Waals surface area contributed by atoms with Crippen LogP contribution in [0.25, 0.3) is 17.4 Å². The molecule has 0 radical (unpaired) electrons. The molecule has 0 atom stereocenters. The van der Waals surface area contributed by atoms with Crippen molar-refractivity contribution in [2.75, 3.05) is 5.32 Å². The number of hydrogen-bond donors (Lipinski definition) is 1. The number of hydrogen-bond acceptors (Lipinski definition) is 6. The Balaban J connectivity index is 1.62. The zero-order valence-corrected chi connectivity index (χ0v) is 16.4. The maximum atomic E-state index is 14.0. The lowest BCUT2D eigenvalue weighted by molar-refractivity contribution is 0.102. The summed E-state index contributed by atoms with van der Waals surface area (Å²) in [7, 11) is 1.48. The first-order chi connectivity index (χ1) is 14.3. The number of amides is 1. The third kappa shape index (κ3) is 3.50. The minimum atomic E-state index is -0.593. The monoisotopic (exact) mass is 408 g/mol. The topological polar surface area (TPSA) is 108 Å². The molecule has 3 aromatic heterocycles. The molecule has 1 N–H and O–H groups in total. The van der Waals surface area contributed by atoms with Crippen LogP contribution >= 0.6 is 0 Å². The molecule has 0 fully saturated rings. The molecule has 9 nitrogen and oxygen atoms in total. The van der Waals surface area contributed by atoms with Crippen molar-refractivity contribution in [1.82, 2.24) is 24.5 Å². The predicted octanol–water partition coefficient (Wildman–Crippen LogP) is 2.63. The largest absolute Gasteiger partial charge is 0.437 e. The number of carbonyl (C=O) groups is 1. The van der Waals surface area contributed by atoms with Crippen LogP contribution in [0.1, 0.15) is 21.6 Å². The molecule has 10 heteroatoms. The summed E-state index contributed by atoms with van der Waals surface area (Å²) in [5.74, 6) is -1.22. The average Bonchev–Trinajstić information content (AvgIpc) is 3.24. The highest BCUT2D eigenvalue weighted by molar-refractivity contribution is 6.05. The maximum Gasteiger partial charge on any atom is 0.437 e. The van der Waals surface area contributed by atoms with Crippen LogP contribution < -0.4 is 11.1 Å². The van der Waals surface area contributed by atoms with E-state index in [1.807, 2.05) is 0 Å². The van der Waals surface area contributed by atoms with E-state index in [9.17, 15) is 14.0 Å². The van der Waals surface area contributed by atoms with E-state index in [1.165, 1.54) is 24.0 Å². The van der Waals surface area contributed by atoms with Gasteiger partial charge in [0, 0.05) is 7.05 Å². The van der Waals surface area contributed by atoms with Crippen LogP contribution in [0.2, 0.25) is 0 Å². The number of rotatable bonds is 4. The van der Waals surface area contributed by atoms with Gasteiger partial charge in [0.1, 0.15) is 11.5 Å². The van der Waals surface area contributed by atoms with Gasteiger partial charge in [0.15, 0.2) is 5.82 Å². The van der Waals surface area contributed by atoms with Gasteiger partial charge in [0.25, 0.3) is 11.8 Å². The second-order valence-electron chi connectivity index (χ2n) is 6.67. The second-order valence-corrected chi connectivity index (χ2v) is 6.67. The molecule has 0 aliphatic heterocycles. The van der Waals surface area contributed by atoms with Gasteiger partial charge in [0.05, 0.1) is 23.1 Å². The highest BCUT2D eigenvalue weighted by Crippen LogP contribution is 2.22. The van der Waals surface area contributed by atoms with E-state index >= 15 is 0 Å². The van der Waals surface area contributed by atoms with Crippen LogP contribution in [0.5, 0.6) is 0 Å². The smallest absolute Gasteiger partial charge is 0.386 e. The van der Waals surface area contributed by atoms with Crippen molar-refractivity contribution in [1.29, 1.82) is 0 Å². The molecule has 0 saturated heterocycles. The Kier molecular flexibility index (Phi) is 4.74. The zero-order valence-electron chi connectivity index (χ0n) is 16.4. The number of pyridine rings is 1. The van der Waals surface area contributed by atoms with E-state index in [2.05, 4.69) is 20.5 Å². The third-order valence-electron chi connectivity index (χ3n) is 4.41. The van der Waals surface area contributed by atoms with Gasteiger partial charge in [-0.1, -0.05) is 12.1 Å². The molecule has 4 aromatic rings. The Morgan fingerprint density at radius 2 is 1.97 bits per heavy atom. The molecule has 0 aliphatic rings. The van der Waals surface area contributed by atoms with Gasteiger partial charge in [-0.3, -0.25) is 4.79 Å². The summed E-state index contributed by atoms with van der Waals surface area (Å²) in [6.45, 7) is 3.45. The van der Waals surface area contributed by atoms with E-state index < -0.39 is 17.5 Å². The van der Waals surface area contributed by atoms with E-state index in [4.69, 9.17) is 4.42 Å². The molecule has 0 saturated carbocycles. The van der Waals surface area contributed by atoms with E-state index in [0.29, 0.717) is 28.5 Å². The van der Waals surface area contributed by atoms with Gasteiger partial charge in [0.2, 0.25) is 0 Å². The Hall–Kier alpha value is -4.08. The van der Waals surface area contributed by atoms with Gasteiger partial charge < -0.3 is 9.73 Å². The summed E-state index contributed by atoms with van der Waals surface area (Å²) in [6.07, 6.45) is 1.43. The van der Waals surface area contributed by atoms with Gasteiger partial charge in [-0.25, -0.2) is 18.9 Å². The molecule has 4 rings (SSSR count). The van der Waals surface area contributed by atoms with Gasteiger partial charge in [-0.05, 0) is 43.7 Å². The van der Waals surface area contributed by atoms with Crippen LogP contribution in [0.4, 0.5) is 10.1 Å². The maximum absolute atomic E-state index is 14.0. The molecule has 0 aliphatic carbocycles. The molecule has 152 valence electrons. The highest BCUT2D eigenvalue weighted by atomic mass is 19.1. The summed E-state index contributed by atoms with van der Waals surface area (Å²) in [4.78, 5) is 28.3. The fourth-order valence-electron chi connectivity index (χ4n) is 2.97. The number of halogens is 1. The van der Waals surface area contributed by atoms with Crippen LogP contribution in [0, 0.1) is 19.7 Å². The lowest BCUT2D eigenvalue weighted by Crippen LogP contribution is -2.15. The lowest BCUT2D eigenvalue weighted by atomic mass is 10.1. The fraction of sp³-hybridized carbons (Fsp3) is 0.150. The lowest BCUT2D eigenvalue weighted by Gasteiger charge is -2.09. The summed E-state index contributed by atoms with van der Waals surface area (Å²) < 4.78 is 21.7. The van der Waals surface area contributed by atoms with Crippen molar-refractivity contribution in [2.45, 2.75) is 13.8 Å². The van der Waals surface area contributed by atoms with Crippen molar-refractivity contribution >= 4 is 11.6 Å². The molecular weight excluding hydrogens is 391 g/mol. The Bertz CT molecular complexity index is 1280. The van der Waals surface area contributed by atoms with Crippen molar-refractivity contribution in [3.63, 3.8) is 0 Å². The number of aromatic nitrogens is 5. The first-order valence-electron chi connectivity index (χ1n) is 8.97. The summed E-state index contributed by atoms with van der Waals surface area (Å²) in [6, 6.07) is 9.40. The zero-order chi connectivity index (χ0) is 21.4. The number of carbonyl (C=O) groups excluding carboxylic acids is 1. The average molecular weight is 408 g/mol. The second kappa shape index (κ2) is 7.39. The van der Waals surface area contributed by atoms with E-state index in [0.717, 1.165) is 4.68 Å². The van der Waals surface area contributed by atoms with Gasteiger partial charge >= 0.3 is 5.76 Å². The molecule has 0 unspecified atom stereocenters. The predicted molar refractivity (Wildman–Crippen MR) is 106 cm³/mol. The number of nitrogens with one attached hydrogen (secondary N) is 1. The van der Waals surface area contributed by atoms with Gasteiger partial charge in [-0.2, -0.15) is 9.78 Å². The van der Waals surface area contributed by atoms with Gasteiger partial charge in [-0.15, -0.1) is 5.10 Å². The highest BCUT2D eigenvalue weighted by Gasteiger charge is 2.18. The molecule has 1 aromatic carbocycles. The summed E-state index contributed by atoms with van der Waals surface area (Å²) in [5.41, 5.74) is 2.03. The first kappa shape index (κ1) is 19.2. The Morgan fingerprint density at radius 3 is 2.60 bits per heavy atom. The SMILES string of the molecule is Cc1cc(-c2nn(C)c(=O)o2)n(-c2ccc(NC(=O)c3c(C)cccc3F)cn2)n1. The quantitative estimate of drug-likeness (QED) is 0.556. The molecule has 1 amide bonds. The summed E-state index contributed by atoms with van der Waals surface area (Å²) >= 11 is 0. The molecular formula is C20H17FN6O3. The van der Waals surface area contributed by atoms with Crippen molar-refractivity contribution in [2.24, 2.45) is 7.05 Å². The summed E-state index contributed by atoms with van der Waals surface area (Å²) in [5, 5.41) is 11.0. The normalized spacial score (nSPS) is 10.9. The molecule has 3 heterocycles. The van der Waals surface area contributed by atoms with E-state index in [-0.39, 0.29) is 11.5 Å². The van der Waals surface area contributed by atoms with Crippen molar-refractivity contribution < 1.29 is 13.6 Å². The molecule has 0 spiro atoms. The van der Waals surface area contributed by atoms with E-state index in [1.54, 1.807) is 44.2 Å². The van der Waals surface area contributed by atoms with Crippen LogP contribution in [-0.4, -0.2) is 30.5 Å². The van der Waals surface area contributed by atoms with Crippen LogP contribution in [0.15, 0.2) is 51.8 Å². The van der Waals surface area contributed by atoms with Crippen LogP contribution in [0.3, 0.4) is 0 Å². The number of aryl methyl sites for hydroxylation is 3. The number of nitrogens with zero attached hydrogens (tertiary/aromatic N) is 5. The van der Waals surface area contributed by atoms with Crippen molar-refractivity contribution in [3.05, 3.63) is 75.8 Å². The first-order valence-corrected chi connectivity index (χ1v) is 8.97.